The summed E-state index contributed by atoms with van der Waals surface area (Å²) < 4.78 is 96.9. The van der Waals surface area contributed by atoms with Crippen molar-refractivity contribution < 1.29 is 79.1 Å². The molecule has 3 aromatic rings. The zero-order valence-corrected chi connectivity index (χ0v) is 23.6. The summed E-state index contributed by atoms with van der Waals surface area (Å²) in [5, 5.41) is 35.3. The number of hydrogen-bond acceptors (Lipinski definition) is 7. The Morgan fingerprint density at radius 2 is 1.26 bits per heavy atom. The lowest BCUT2D eigenvalue weighted by Crippen LogP contribution is -2.31. The Hall–Kier alpha value is -5.21. The first kappa shape index (κ1) is 39.8. The standard InChI is InChI=1S/C20H20N4O2.3C2HF3O2/c1-23-17(7-9-22-23)19-18(20(25)26)16-8-10-24(13-15(16)11-21-19)12-14-5-3-2-4-6-14;3*3-2(4,5)1(6)7/h2-7,9,11H,8,10,12-13H2,1H3,(H,25,26);3*(H,6,7). The average molecular weight is 690 g/mol. The van der Waals surface area contributed by atoms with E-state index in [9.17, 15) is 49.4 Å². The Kier molecular flexibility index (Phi) is 13.9. The molecule has 258 valence electrons. The van der Waals surface area contributed by atoms with E-state index in [4.69, 9.17) is 29.7 Å². The van der Waals surface area contributed by atoms with Crippen LogP contribution < -0.4 is 0 Å². The molecule has 21 heteroatoms. The summed E-state index contributed by atoms with van der Waals surface area (Å²) in [6.45, 7) is 2.40. The molecule has 4 N–H and O–H groups in total. The van der Waals surface area contributed by atoms with Crippen molar-refractivity contribution in [2.24, 2.45) is 7.05 Å². The number of carboxylic acids is 4. The van der Waals surface area contributed by atoms with Crippen molar-refractivity contribution in [2.75, 3.05) is 6.54 Å². The van der Waals surface area contributed by atoms with Gasteiger partial charge in [-0.25, -0.2) is 19.2 Å². The lowest BCUT2D eigenvalue weighted by molar-refractivity contribution is -0.193. The van der Waals surface area contributed by atoms with Gasteiger partial charge in [-0.15, -0.1) is 0 Å². The Bertz CT molecular complexity index is 1480. The van der Waals surface area contributed by atoms with Gasteiger partial charge in [0.1, 0.15) is 5.69 Å². The predicted octanol–water partition coefficient (Wildman–Crippen LogP) is 4.64. The Labute approximate surface area is 257 Å². The number of rotatable bonds is 4. The normalized spacial score (nSPS) is 12.9. The molecule has 0 atom stereocenters. The second kappa shape index (κ2) is 16.4. The molecular weight excluding hydrogens is 667 g/mol. The number of halogens is 9. The fraction of sp³-hybridized carbons (Fsp3) is 0.308. The van der Waals surface area contributed by atoms with Crippen LogP contribution in [-0.2, 0) is 40.9 Å². The highest BCUT2D eigenvalue weighted by molar-refractivity contribution is 5.96. The van der Waals surface area contributed by atoms with Gasteiger partial charge in [-0.1, -0.05) is 30.3 Å². The number of fused-ring (bicyclic) bond motifs is 1. The van der Waals surface area contributed by atoms with Crippen molar-refractivity contribution in [2.45, 2.75) is 38.0 Å². The van der Waals surface area contributed by atoms with Gasteiger partial charge in [-0.05, 0) is 29.2 Å². The lowest BCUT2D eigenvalue weighted by atomic mass is 9.93. The van der Waals surface area contributed by atoms with E-state index >= 15 is 0 Å². The number of carboxylic acid groups (broad SMARTS) is 4. The van der Waals surface area contributed by atoms with E-state index < -0.39 is 42.4 Å². The summed E-state index contributed by atoms with van der Waals surface area (Å²) in [5.41, 5.74) is 4.67. The molecule has 0 aliphatic carbocycles. The topological polar surface area (TPSA) is 183 Å². The van der Waals surface area contributed by atoms with E-state index in [1.165, 1.54) is 5.56 Å². The zero-order valence-electron chi connectivity index (χ0n) is 23.6. The van der Waals surface area contributed by atoms with E-state index in [1.807, 2.05) is 24.4 Å². The van der Waals surface area contributed by atoms with Gasteiger partial charge < -0.3 is 20.4 Å². The number of carbonyl (C=O) groups is 4. The molecule has 1 aliphatic heterocycles. The molecule has 0 saturated carbocycles. The van der Waals surface area contributed by atoms with Gasteiger partial charge in [-0.3, -0.25) is 14.6 Å². The summed E-state index contributed by atoms with van der Waals surface area (Å²) in [6, 6.07) is 12.1. The highest BCUT2D eigenvalue weighted by atomic mass is 19.4. The molecule has 1 aromatic carbocycles. The molecular formula is C26H23F9N4O8. The van der Waals surface area contributed by atoms with Gasteiger partial charge in [0.2, 0.25) is 0 Å². The van der Waals surface area contributed by atoms with Crippen molar-refractivity contribution in [1.82, 2.24) is 19.7 Å². The number of benzene rings is 1. The van der Waals surface area contributed by atoms with Crippen molar-refractivity contribution in [3.63, 3.8) is 0 Å². The molecule has 1 aliphatic rings. The van der Waals surface area contributed by atoms with Gasteiger partial charge >= 0.3 is 42.4 Å². The van der Waals surface area contributed by atoms with Gasteiger partial charge in [0, 0.05) is 39.1 Å². The molecule has 0 unspecified atom stereocenters. The third kappa shape index (κ3) is 13.0. The number of aromatic nitrogens is 3. The minimum Gasteiger partial charge on any atom is -0.478 e. The number of pyridine rings is 1. The van der Waals surface area contributed by atoms with Crippen LogP contribution in [0, 0.1) is 0 Å². The Morgan fingerprint density at radius 3 is 1.64 bits per heavy atom. The molecule has 2 aromatic heterocycles. The maximum atomic E-state index is 12.0. The molecule has 0 amide bonds. The van der Waals surface area contributed by atoms with Crippen LogP contribution in [0.2, 0.25) is 0 Å². The largest absolute Gasteiger partial charge is 0.490 e. The van der Waals surface area contributed by atoms with E-state index in [0.717, 1.165) is 29.9 Å². The van der Waals surface area contributed by atoms with Crippen LogP contribution in [0.5, 0.6) is 0 Å². The summed E-state index contributed by atoms with van der Waals surface area (Å²) in [7, 11) is 1.80. The minimum absolute atomic E-state index is 0.311. The van der Waals surface area contributed by atoms with Crippen molar-refractivity contribution >= 4 is 23.9 Å². The highest BCUT2D eigenvalue weighted by Crippen LogP contribution is 2.30. The number of alkyl halides is 9. The molecule has 47 heavy (non-hydrogen) atoms. The van der Waals surface area contributed by atoms with E-state index in [2.05, 4.69) is 27.1 Å². The van der Waals surface area contributed by atoms with E-state index in [-0.39, 0.29) is 0 Å². The molecule has 0 saturated heterocycles. The predicted molar refractivity (Wildman–Crippen MR) is 139 cm³/mol. The summed E-state index contributed by atoms with van der Waals surface area (Å²) in [4.78, 5) is 45.5. The molecule has 12 nitrogen and oxygen atoms in total. The van der Waals surface area contributed by atoms with Crippen LogP contribution in [-0.4, -0.2) is 89.0 Å². The van der Waals surface area contributed by atoms with Gasteiger partial charge in [-0.2, -0.15) is 44.6 Å². The lowest BCUT2D eigenvalue weighted by Gasteiger charge is -2.30. The van der Waals surface area contributed by atoms with Gasteiger partial charge in [0.05, 0.1) is 11.3 Å². The van der Waals surface area contributed by atoms with Crippen LogP contribution in [0.25, 0.3) is 11.4 Å². The molecule has 0 fully saturated rings. The van der Waals surface area contributed by atoms with Crippen molar-refractivity contribution in [3.05, 3.63) is 71.0 Å². The van der Waals surface area contributed by atoms with Crippen molar-refractivity contribution in [3.8, 4) is 11.4 Å². The fourth-order valence-electron chi connectivity index (χ4n) is 3.61. The molecule has 0 bridgehead atoms. The Balaban J connectivity index is 0.000000430. The van der Waals surface area contributed by atoms with Crippen molar-refractivity contribution in [1.29, 1.82) is 0 Å². The van der Waals surface area contributed by atoms with E-state index in [1.54, 1.807) is 24.0 Å². The fourth-order valence-corrected chi connectivity index (χ4v) is 3.61. The van der Waals surface area contributed by atoms with Crippen LogP contribution in [0.1, 0.15) is 27.0 Å². The molecule has 0 spiro atoms. The van der Waals surface area contributed by atoms with Gasteiger partial charge in [0.25, 0.3) is 0 Å². The number of aryl methyl sites for hydroxylation is 1. The highest BCUT2D eigenvalue weighted by Gasteiger charge is 2.39. The average Bonchev–Trinajstić information content (AvgIpc) is 3.37. The smallest absolute Gasteiger partial charge is 0.478 e. The molecule has 0 radical (unpaired) electrons. The van der Waals surface area contributed by atoms with Crippen LogP contribution in [0.4, 0.5) is 39.5 Å². The monoisotopic (exact) mass is 690 g/mol. The number of aliphatic carboxylic acids is 3. The van der Waals surface area contributed by atoms with Crippen LogP contribution in [0.15, 0.2) is 48.8 Å². The van der Waals surface area contributed by atoms with E-state index in [0.29, 0.717) is 24.2 Å². The van der Waals surface area contributed by atoms with Crippen LogP contribution in [0.3, 0.4) is 0 Å². The maximum Gasteiger partial charge on any atom is 0.490 e. The second-order valence-electron chi connectivity index (χ2n) is 8.99. The molecule has 4 rings (SSSR count). The second-order valence-corrected chi connectivity index (χ2v) is 8.99. The SMILES string of the molecule is Cn1nccc1-c1ncc2c(c1C(=O)O)CCN(Cc1ccccc1)C2.O=C(O)C(F)(F)F.O=C(O)C(F)(F)F.O=C(O)C(F)(F)F. The quantitative estimate of drug-likeness (QED) is 0.280. The molecule has 3 heterocycles. The van der Waals surface area contributed by atoms with Crippen LogP contribution >= 0.6 is 0 Å². The number of aromatic carboxylic acids is 1. The summed E-state index contributed by atoms with van der Waals surface area (Å²) in [5.74, 6) is -9.20. The Morgan fingerprint density at radius 1 is 0.787 bits per heavy atom. The minimum atomic E-state index is -5.08. The first-order valence-electron chi connectivity index (χ1n) is 12.4. The zero-order chi connectivity index (χ0) is 36.3. The summed E-state index contributed by atoms with van der Waals surface area (Å²) >= 11 is 0. The number of nitrogens with zero attached hydrogens (tertiary/aromatic N) is 4. The maximum absolute atomic E-state index is 12.0. The van der Waals surface area contributed by atoms with Gasteiger partial charge in [0.15, 0.2) is 0 Å². The third-order valence-electron chi connectivity index (χ3n) is 5.60. The summed E-state index contributed by atoms with van der Waals surface area (Å²) in [6.07, 6.45) is -11.1. The first-order valence-corrected chi connectivity index (χ1v) is 12.4. The third-order valence-corrected chi connectivity index (χ3v) is 5.60. The first-order chi connectivity index (χ1) is 21.5. The number of hydrogen-bond donors (Lipinski definition) is 4.